The molecule has 1 aliphatic carbocycles. The zero-order valence-corrected chi connectivity index (χ0v) is 10.1. The molecular weight excluding hydrogens is 214 g/mol. The fraction of sp³-hybridized carbons (Fsp3) is 0.571. The Morgan fingerprint density at radius 2 is 2.18 bits per heavy atom. The number of aliphatic hydroxyl groups excluding tert-OH is 1. The molecule has 0 radical (unpaired) electrons. The molecular formula is C14H19NO2. The molecule has 1 fully saturated rings. The van der Waals surface area contributed by atoms with E-state index in [2.05, 4.69) is 17.4 Å². The zero-order valence-electron chi connectivity index (χ0n) is 10.1. The van der Waals surface area contributed by atoms with Crippen molar-refractivity contribution in [2.45, 2.75) is 43.9 Å². The van der Waals surface area contributed by atoms with E-state index in [1.54, 1.807) is 7.11 Å². The molecule has 0 amide bonds. The molecule has 1 heterocycles. The lowest BCUT2D eigenvalue weighted by atomic mass is 9.74. The number of rotatable bonds is 1. The van der Waals surface area contributed by atoms with Crippen LogP contribution >= 0.6 is 0 Å². The van der Waals surface area contributed by atoms with Gasteiger partial charge in [0.15, 0.2) is 0 Å². The first-order valence-electron chi connectivity index (χ1n) is 6.39. The van der Waals surface area contributed by atoms with E-state index in [0.29, 0.717) is 12.0 Å². The van der Waals surface area contributed by atoms with Crippen LogP contribution in [-0.4, -0.2) is 24.5 Å². The zero-order chi connectivity index (χ0) is 11.8. The van der Waals surface area contributed by atoms with Gasteiger partial charge in [-0.05, 0) is 37.3 Å². The highest BCUT2D eigenvalue weighted by Crippen LogP contribution is 2.42. The molecule has 2 N–H and O–H groups in total. The Kier molecular flexibility index (Phi) is 2.81. The van der Waals surface area contributed by atoms with E-state index in [1.807, 2.05) is 6.07 Å². The Bertz CT molecular complexity index is 404. The van der Waals surface area contributed by atoms with Gasteiger partial charge in [0.25, 0.3) is 0 Å². The topological polar surface area (TPSA) is 41.5 Å². The number of aryl methyl sites for hydroxylation is 1. The predicted molar refractivity (Wildman–Crippen MR) is 66.2 cm³/mol. The summed E-state index contributed by atoms with van der Waals surface area (Å²) in [6, 6.07) is 6.73. The third-order valence-corrected chi connectivity index (χ3v) is 4.12. The lowest BCUT2D eigenvalue weighted by Gasteiger charge is -2.40. The van der Waals surface area contributed by atoms with Gasteiger partial charge in [0.2, 0.25) is 0 Å². The molecule has 1 aromatic carbocycles. The van der Waals surface area contributed by atoms with Crippen LogP contribution in [0.25, 0.3) is 0 Å². The van der Waals surface area contributed by atoms with Crippen LogP contribution < -0.4 is 10.1 Å². The minimum Gasteiger partial charge on any atom is -0.496 e. The summed E-state index contributed by atoms with van der Waals surface area (Å²) >= 11 is 0. The lowest BCUT2D eigenvalue weighted by Crippen LogP contribution is -2.48. The van der Waals surface area contributed by atoms with E-state index in [1.165, 1.54) is 11.1 Å². The summed E-state index contributed by atoms with van der Waals surface area (Å²) in [4.78, 5) is 0. The van der Waals surface area contributed by atoms with E-state index in [9.17, 15) is 5.11 Å². The molecule has 0 saturated carbocycles. The summed E-state index contributed by atoms with van der Waals surface area (Å²) in [6.07, 6.45) is 3.74. The molecule has 0 unspecified atom stereocenters. The van der Waals surface area contributed by atoms with Crippen molar-refractivity contribution < 1.29 is 9.84 Å². The first-order valence-corrected chi connectivity index (χ1v) is 6.39. The third-order valence-electron chi connectivity index (χ3n) is 4.12. The molecule has 0 aromatic heterocycles. The predicted octanol–water partition coefficient (Wildman–Crippen LogP) is 1.80. The number of methoxy groups -OCH3 is 1. The van der Waals surface area contributed by atoms with E-state index < -0.39 is 0 Å². The van der Waals surface area contributed by atoms with Gasteiger partial charge in [0.1, 0.15) is 12.0 Å². The molecule has 2 aliphatic rings. The van der Waals surface area contributed by atoms with Gasteiger partial charge in [-0.3, -0.25) is 5.32 Å². The Morgan fingerprint density at radius 1 is 1.29 bits per heavy atom. The highest BCUT2D eigenvalue weighted by atomic mass is 16.5. The van der Waals surface area contributed by atoms with Crippen molar-refractivity contribution in [3.8, 4) is 5.75 Å². The van der Waals surface area contributed by atoms with Gasteiger partial charge in [-0.25, -0.2) is 0 Å². The number of ether oxygens (including phenoxy) is 1. The first-order chi connectivity index (χ1) is 8.29. The minimum atomic E-state index is -0.326. The molecule has 1 aliphatic heterocycles. The van der Waals surface area contributed by atoms with Crippen LogP contribution in [0.15, 0.2) is 18.2 Å². The Morgan fingerprint density at radius 3 is 3.00 bits per heavy atom. The number of aliphatic hydroxyl groups is 1. The molecule has 17 heavy (non-hydrogen) atoms. The van der Waals surface area contributed by atoms with Gasteiger partial charge < -0.3 is 9.84 Å². The molecule has 1 aromatic rings. The van der Waals surface area contributed by atoms with Crippen LogP contribution in [0.3, 0.4) is 0 Å². The molecule has 3 rings (SSSR count). The molecule has 1 saturated heterocycles. The van der Waals surface area contributed by atoms with Gasteiger partial charge in [-0.1, -0.05) is 12.1 Å². The lowest BCUT2D eigenvalue weighted by molar-refractivity contribution is 0.0704. The summed E-state index contributed by atoms with van der Waals surface area (Å²) in [5.41, 5.74) is 2.79. The largest absolute Gasteiger partial charge is 0.496 e. The second-order valence-electron chi connectivity index (χ2n) is 5.04. The van der Waals surface area contributed by atoms with Crippen LogP contribution in [0.4, 0.5) is 0 Å². The van der Waals surface area contributed by atoms with Gasteiger partial charge >= 0.3 is 0 Å². The number of benzene rings is 1. The molecule has 3 atom stereocenters. The minimum absolute atomic E-state index is 0.326. The Labute approximate surface area is 102 Å². The molecule has 3 heteroatoms. The second kappa shape index (κ2) is 4.31. The molecule has 0 bridgehead atoms. The molecule has 92 valence electrons. The summed E-state index contributed by atoms with van der Waals surface area (Å²) in [5.74, 6) is 1.51. The number of hydrogen-bond donors (Lipinski definition) is 2. The summed E-state index contributed by atoms with van der Waals surface area (Å²) < 4.78 is 5.50. The van der Waals surface area contributed by atoms with Crippen molar-refractivity contribution in [1.29, 1.82) is 0 Å². The van der Waals surface area contributed by atoms with Crippen molar-refractivity contribution in [2.24, 2.45) is 0 Å². The summed E-state index contributed by atoms with van der Waals surface area (Å²) in [5, 5.41) is 13.0. The van der Waals surface area contributed by atoms with Crippen molar-refractivity contribution >= 4 is 0 Å². The van der Waals surface area contributed by atoms with Crippen molar-refractivity contribution in [2.75, 3.05) is 7.11 Å². The number of nitrogens with one attached hydrogen (secondary N) is 1. The van der Waals surface area contributed by atoms with E-state index in [0.717, 1.165) is 31.4 Å². The first kappa shape index (κ1) is 11.1. The monoisotopic (exact) mass is 233 g/mol. The third kappa shape index (κ3) is 1.83. The van der Waals surface area contributed by atoms with Gasteiger partial charge in [-0.15, -0.1) is 0 Å². The van der Waals surface area contributed by atoms with Crippen LogP contribution in [-0.2, 0) is 6.42 Å². The molecule has 3 nitrogen and oxygen atoms in total. The summed E-state index contributed by atoms with van der Waals surface area (Å²) in [6.45, 7) is 0. The van der Waals surface area contributed by atoms with Crippen molar-refractivity contribution in [1.82, 2.24) is 5.32 Å². The SMILES string of the molecule is COc1cccc2c1[C@@H]1CC[C@H](O)N[C@@H]1CC2. The maximum Gasteiger partial charge on any atom is 0.122 e. The Hall–Kier alpha value is -1.06. The van der Waals surface area contributed by atoms with Crippen LogP contribution in [0, 0.1) is 0 Å². The fourth-order valence-corrected chi connectivity index (χ4v) is 3.33. The maximum absolute atomic E-state index is 9.68. The van der Waals surface area contributed by atoms with Crippen molar-refractivity contribution in [3.63, 3.8) is 0 Å². The smallest absolute Gasteiger partial charge is 0.122 e. The summed E-state index contributed by atoms with van der Waals surface area (Å²) in [7, 11) is 1.74. The number of fused-ring (bicyclic) bond motifs is 3. The normalized spacial score (nSPS) is 31.5. The van der Waals surface area contributed by atoms with Crippen molar-refractivity contribution in [3.05, 3.63) is 29.3 Å². The van der Waals surface area contributed by atoms with E-state index in [4.69, 9.17) is 4.74 Å². The fourth-order valence-electron chi connectivity index (χ4n) is 3.33. The highest BCUT2D eigenvalue weighted by molar-refractivity contribution is 5.45. The average Bonchev–Trinajstić information content (AvgIpc) is 2.37. The van der Waals surface area contributed by atoms with E-state index in [-0.39, 0.29) is 6.23 Å². The van der Waals surface area contributed by atoms with Gasteiger partial charge in [0, 0.05) is 17.5 Å². The Balaban J connectivity index is 2.00. The van der Waals surface area contributed by atoms with Crippen LogP contribution in [0.1, 0.15) is 36.3 Å². The van der Waals surface area contributed by atoms with Crippen LogP contribution in [0.5, 0.6) is 5.75 Å². The average molecular weight is 233 g/mol. The standard InChI is InChI=1S/C14H19NO2/c1-17-12-4-2-3-9-5-7-11-10(14(9)12)6-8-13(16)15-11/h2-4,10-11,13,15-16H,5-8H2,1H3/t10-,11-,13+/m1/s1. The van der Waals surface area contributed by atoms with Crippen LogP contribution in [0.2, 0.25) is 0 Å². The number of piperidine rings is 1. The quantitative estimate of drug-likeness (QED) is 0.777. The molecule has 0 spiro atoms. The van der Waals surface area contributed by atoms with Gasteiger partial charge in [-0.2, -0.15) is 0 Å². The number of hydrogen-bond acceptors (Lipinski definition) is 3. The highest BCUT2D eigenvalue weighted by Gasteiger charge is 2.35. The van der Waals surface area contributed by atoms with E-state index >= 15 is 0 Å². The van der Waals surface area contributed by atoms with Gasteiger partial charge in [0.05, 0.1) is 7.11 Å². The second-order valence-corrected chi connectivity index (χ2v) is 5.04. The maximum atomic E-state index is 9.68.